The lowest BCUT2D eigenvalue weighted by atomic mass is 10.1. The molecule has 0 unspecified atom stereocenters. The van der Waals surface area contributed by atoms with E-state index in [4.69, 9.17) is 9.47 Å². The molecule has 10 nitrogen and oxygen atoms in total. The SMILES string of the molecule is O=C([O-])C[C@H](OC(=O)/C=C/c1ccc(O)cc1)[C@@H](OC(=O)/C=C/c1ccc(O)cc1)C(=O)[O-]. The smallest absolute Gasteiger partial charge is 0.331 e. The van der Waals surface area contributed by atoms with Crippen molar-refractivity contribution in [2.45, 2.75) is 18.6 Å². The zero-order chi connectivity index (χ0) is 24.4. The number of phenols is 2. The molecule has 0 saturated carbocycles. The molecule has 2 N–H and O–H groups in total. The average molecular weight is 454 g/mol. The molecule has 0 aliphatic carbocycles. The molecule has 2 atom stereocenters. The summed E-state index contributed by atoms with van der Waals surface area (Å²) in [6, 6.07) is 11.3. The van der Waals surface area contributed by atoms with Crippen LogP contribution < -0.4 is 10.2 Å². The second-order valence-electron chi connectivity index (χ2n) is 6.58. The number of benzene rings is 2. The van der Waals surface area contributed by atoms with Crippen molar-refractivity contribution >= 4 is 36.0 Å². The summed E-state index contributed by atoms with van der Waals surface area (Å²) in [5, 5.41) is 41.0. The summed E-state index contributed by atoms with van der Waals surface area (Å²) >= 11 is 0. The molecule has 2 aromatic rings. The Morgan fingerprint density at radius 3 is 1.58 bits per heavy atom. The highest BCUT2D eigenvalue weighted by Gasteiger charge is 2.29. The Balaban J connectivity index is 2.10. The number of carboxylic acids is 2. The molecule has 2 aromatic carbocycles. The Kier molecular flexibility index (Phi) is 8.75. The maximum atomic E-state index is 12.1. The number of aromatic hydroxyl groups is 2. The van der Waals surface area contributed by atoms with Crippen molar-refractivity contribution in [1.82, 2.24) is 0 Å². The molecule has 0 aliphatic rings. The third-order valence-electron chi connectivity index (χ3n) is 4.06. The van der Waals surface area contributed by atoms with Gasteiger partial charge < -0.3 is 39.5 Å². The van der Waals surface area contributed by atoms with Crippen LogP contribution in [0, 0.1) is 0 Å². The lowest BCUT2D eigenvalue weighted by Crippen LogP contribution is -2.49. The van der Waals surface area contributed by atoms with E-state index in [0.29, 0.717) is 11.1 Å². The summed E-state index contributed by atoms with van der Waals surface area (Å²) in [5.41, 5.74) is 0.968. The van der Waals surface area contributed by atoms with E-state index in [2.05, 4.69) is 0 Å². The van der Waals surface area contributed by atoms with Crippen LogP contribution in [0.4, 0.5) is 0 Å². The summed E-state index contributed by atoms with van der Waals surface area (Å²) in [4.78, 5) is 46.6. The summed E-state index contributed by atoms with van der Waals surface area (Å²) in [5.74, 6) is -6.02. The van der Waals surface area contributed by atoms with Gasteiger partial charge in [-0.3, -0.25) is 0 Å². The Bertz CT molecular complexity index is 1050. The van der Waals surface area contributed by atoms with Crippen LogP contribution in [0.3, 0.4) is 0 Å². The predicted octanol–water partition coefficient (Wildman–Crippen LogP) is -0.462. The fraction of sp³-hybridized carbons (Fsp3) is 0.130. The van der Waals surface area contributed by atoms with Crippen molar-refractivity contribution in [1.29, 1.82) is 0 Å². The van der Waals surface area contributed by atoms with Crippen molar-refractivity contribution in [2.75, 3.05) is 0 Å². The van der Waals surface area contributed by atoms with E-state index in [1.165, 1.54) is 60.7 Å². The minimum atomic E-state index is -2.23. The van der Waals surface area contributed by atoms with Gasteiger partial charge in [0.15, 0.2) is 6.10 Å². The van der Waals surface area contributed by atoms with Crippen LogP contribution in [0.25, 0.3) is 12.2 Å². The van der Waals surface area contributed by atoms with Gasteiger partial charge in [0.2, 0.25) is 0 Å². The number of esters is 2. The van der Waals surface area contributed by atoms with E-state index >= 15 is 0 Å². The van der Waals surface area contributed by atoms with E-state index in [1.807, 2.05) is 0 Å². The quantitative estimate of drug-likeness (QED) is 0.353. The van der Waals surface area contributed by atoms with Crippen LogP contribution in [0.15, 0.2) is 60.7 Å². The van der Waals surface area contributed by atoms with Crippen molar-refractivity contribution < 1.29 is 49.1 Å². The van der Waals surface area contributed by atoms with Crippen LogP contribution in [0.2, 0.25) is 0 Å². The fourth-order valence-corrected chi connectivity index (χ4v) is 2.50. The highest BCUT2D eigenvalue weighted by Crippen LogP contribution is 2.14. The van der Waals surface area contributed by atoms with Crippen molar-refractivity contribution in [2.24, 2.45) is 0 Å². The standard InChI is InChI=1S/C23H20O10/c24-16-7-1-14(2-8-16)5-11-20(28)32-18(13-19(26)27)22(23(30)31)33-21(29)12-6-15-3-9-17(25)10-4-15/h1-12,18,22,24-25H,13H2,(H,26,27)(H,30,31)/p-2/b11-5+,12-6+/t18-,22+/m0/s1. The van der Waals surface area contributed by atoms with Crippen molar-refractivity contribution in [3.63, 3.8) is 0 Å². The zero-order valence-electron chi connectivity index (χ0n) is 17.0. The number of carbonyl (C=O) groups is 4. The molecular weight excluding hydrogens is 436 g/mol. The first-order valence-electron chi connectivity index (χ1n) is 9.40. The highest BCUT2D eigenvalue weighted by atomic mass is 16.6. The van der Waals surface area contributed by atoms with Gasteiger partial charge in [0.25, 0.3) is 0 Å². The molecule has 0 fully saturated rings. The van der Waals surface area contributed by atoms with Crippen LogP contribution in [-0.4, -0.2) is 46.3 Å². The predicted molar refractivity (Wildman–Crippen MR) is 109 cm³/mol. The normalized spacial score (nSPS) is 12.8. The van der Waals surface area contributed by atoms with Crippen LogP contribution in [-0.2, 0) is 28.7 Å². The van der Waals surface area contributed by atoms with E-state index < -0.39 is 42.5 Å². The molecule has 10 heteroatoms. The lowest BCUT2D eigenvalue weighted by Gasteiger charge is -2.27. The number of hydrogen-bond acceptors (Lipinski definition) is 10. The van der Waals surface area contributed by atoms with Crippen LogP contribution in [0.1, 0.15) is 17.5 Å². The number of aliphatic carboxylic acids is 2. The van der Waals surface area contributed by atoms with E-state index in [0.717, 1.165) is 12.2 Å². The van der Waals surface area contributed by atoms with Crippen molar-refractivity contribution in [3.05, 3.63) is 71.8 Å². The topological polar surface area (TPSA) is 173 Å². The Morgan fingerprint density at radius 2 is 1.18 bits per heavy atom. The second kappa shape index (κ2) is 11.7. The third kappa shape index (κ3) is 8.58. The molecule has 0 saturated heterocycles. The Hall–Kier alpha value is -4.60. The van der Waals surface area contributed by atoms with Gasteiger partial charge in [-0.1, -0.05) is 24.3 Å². The molecule has 0 aliphatic heterocycles. The van der Waals surface area contributed by atoms with Gasteiger partial charge in [0.1, 0.15) is 17.6 Å². The number of rotatable bonds is 10. The molecule has 0 radical (unpaired) electrons. The van der Waals surface area contributed by atoms with E-state index in [-0.39, 0.29) is 11.5 Å². The molecule has 0 aromatic heterocycles. The molecule has 172 valence electrons. The Labute approximate surface area is 187 Å². The first kappa shape index (κ1) is 24.7. The van der Waals surface area contributed by atoms with Gasteiger partial charge in [-0.15, -0.1) is 0 Å². The number of carboxylic acid groups (broad SMARTS) is 2. The highest BCUT2D eigenvalue weighted by molar-refractivity contribution is 5.90. The van der Waals surface area contributed by atoms with Gasteiger partial charge in [0.05, 0.1) is 5.97 Å². The zero-order valence-corrected chi connectivity index (χ0v) is 17.0. The van der Waals surface area contributed by atoms with E-state index in [1.54, 1.807) is 0 Å². The maximum absolute atomic E-state index is 12.1. The number of ether oxygens (including phenoxy) is 2. The molecular formula is C23H18O10-2. The molecule has 0 bridgehead atoms. The molecule has 0 spiro atoms. The monoisotopic (exact) mass is 454 g/mol. The summed E-state index contributed by atoms with van der Waals surface area (Å²) in [6.45, 7) is 0. The number of hydrogen-bond donors (Lipinski definition) is 2. The largest absolute Gasteiger partial charge is 0.550 e. The summed E-state index contributed by atoms with van der Waals surface area (Å²) in [6.07, 6.45) is -0.939. The number of carbonyl (C=O) groups excluding carboxylic acids is 4. The van der Waals surface area contributed by atoms with Gasteiger partial charge in [-0.2, -0.15) is 0 Å². The molecule has 0 heterocycles. The Morgan fingerprint density at radius 1 is 0.758 bits per heavy atom. The van der Waals surface area contributed by atoms with Gasteiger partial charge >= 0.3 is 11.9 Å². The molecule has 2 rings (SSSR count). The van der Waals surface area contributed by atoms with Gasteiger partial charge in [-0.25, -0.2) is 9.59 Å². The lowest BCUT2D eigenvalue weighted by molar-refractivity contribution is -0.321. The maximum Gasteiger partial charge on any atom is 0.331 e. The van der Waals surface area contributed by atoms with Gasteiger partial charge in [-0.05, 0) is 47.5 Å². The second-order valence-corrected chi connectivity index (χ2v) is 6.58. The van der Waals surface area contributed by atoms with Gasteiger partial charge in [0, 0.05) is 24.5 Å². The first-order valence-corrected chi connectivity index (χ1v) is 9.40. The minimum Gasteiger partial charge on any atom is -0.550 e. The van der Waals surface area contributed by atoms with Crippen LogP contribution >= 0.6 is 0 Å². The fourth-order valence-electron chi connectivity index (χ4n) is 2.50. The van der Waals surface area contributed by atoms with E-state index in [9.17, 15) is 39.6 Å². The summed E-state index contributed by atoms with van der Waals surface area (Å²) in [7, 11) is 0. The summed E-state index contributed by atoms with van der Waals surface area (Å²) < 4.78 is 9.60. The molecule has 0 amide bonds. The molecule has 33 heavy (non-hydrogen) atoms. The minimum absolute atomic E-state index is 0.00169. The van der Waals surface area contributed by atoms with Crippen molar-refractivity contribution in [3.8, 4) is 11.5 Å². The average Bonchev–Trinajstić information content (AvgIpc) is 2.75. The third-order valence-corrected chi connectivity index (χ3v) is 4.06. The first-order chi connectivity index (χ1) is 15.6. The number of phenolic OH excluding ortho intramolecular Hbond substituents is 2. The van der Waals surface area contributed by atoms with Crippen LogP contribution in [0.5, 0.6) is 11.5 Å².